The number of alkyl halides is 12. The van der Waals surface area contributed by atoms with E-state index in [9.17, 15) is 57.8 Å². The third kappa shape index (κ3) is 3.43. The first kappa shape index (κ1) is 24.4. The fourth-order valence-electron chi connectivity index (χ4n) is 2.08. The molecule has 0 aliphatic rings. The van der Waals surface area contributed by atoms with Gasteiger partial charge >= 0.3 is 24.7 Å². The van der Waals surface area contributed by atoms with Crippen LogP contribution in [-0.2, 0) is 11.2 Å². The van der Waals surface area contributed by atoms with Crippen molar-refractivity contribution < 1.29 is 68.0 Å². The van der Waals surface area contributed by atoms with Crippen LogP contribution in [-0.4, -0.2) is 40.0 Å². The molecule has 162 valence electrons. The molecule has 0 spiro atoms. The minimum atomic E-state index is -6.78. The van der Waals surface area contributed by atoms with Gasteiger partial charge in [0.1, 0.15) is 5.75 Å². The van der Waals surface area contributed by atoms with Crippen LogP contribution < -0.4 is 0 Å². The molecule has 0 amide bonds. The van der Waals surface area contributed by atoms with E-state index in [2.05, 4.69) is 0 Å². The SMILES string of the molecule is Oc1c(C(O)(C(F)(F)F)C(F)(F)F)cc(Cl)cc1C(O)(C(F)(F)F)C(F)(F)F. The van der Waals surface area contributed by atoms with Gasteiger partial charge in [-0.25, -0.2) is 0 Å². The van der Waals surface area contributed by atoms with Crippen LogP contribution in [0.25, 0.3) is 0 Å². The highest BCUT2D eigenvalue weighted by atomic mass is 35.5. The highest BCUT2D eigenvalue weighted by Gasteiger charge is 2.75. The summed E-state index contributed by atoms with van der Waals surface area (Å²) in [6.07, 6.45) is -27.1. The number of halogens is 13. The van der Waals surface area contributed by atoms with Gasteiger partial charge in [-0.15, -0.1) is 0 Å². The summed E-state index contributed by atoms with van der Waals surface area (Å²) in [4.78, 5) is 0. The van der Waals surface area contributed by atoms with Crippen molar-refractivity contribution in [1.82, 2.24) is 0 Å². The van der Waals surface area contributed by atoms with E-state index in [0.717, 1.165) is 0 Å². The Morgan fingerprint density at radius 2 is 0.786 bits per heavy atom. The average Bonchev–Trinajstić information content (AvgIpc) is 2.42. The molecule has 0 saturated heterocycles. The standard InChI is InChI=1S/C12H5ClF12O3/c13-3-1-4(7(27,9(14,15)16)10(17,18)19)6(26)5(2-3)8(28,11(20,21)22)12(23,24)25/h1-2,26-28H. The van der Waals surface area contributed by atoms with Crippen molar-refractivity contribution in [3.63, 3.8) is 0 Å². The Labute approximate surface area is 150 Å². The lowest BCUT2D eigenvalue weighted by Crippen LogP contribution is -2.55. The Kier molecular flexibility index (Phi) is 5.63. The minimum Gasteiger partial charge on any atom is -0.507 e. The second-order valence-corrected chi connectivity index (χ2v) is 5.70. The summed E-state index contributed by atoms with van der Waals surface area (Å²) in [6, 6.07) is -1.09. The van der Waals surface area contributed by atoms with Gasteiger partial charge in [-0.2, -0.15) is 52.7 Å². The monoisotopic (exact) mass is 460 g/mol. The third-order valence-corrected chi connectivity index (χ3v) is 3.71. The zero-order chi connectivity index (χ0) is 22.7. The average molecular weight is 461 g/mol. The van der Waals surface area contributed by atoms with Gasteiger partial charge in [-0.3, -0.25) is 0 Å². The summed E-state index contributed by atoms with van der Waals surface area (Å²) < 4.78 is 154. The number of aromatic hydroxyl groups is 1. The number of phenolic OH excluding ortho intramolecular Hbond substituents is 1. The van der Waals surface area contributed by atoms with E-state index in [4.69, 9.17) is 21.8 Å². The number of benzene rings is 1. The van der Waals surface area contributed by atoms with Crippen molar-refractivity contribution in [3.05, 3.63) is 28.3 Å². The van der Waals surface area contributed by atoms with Crippen molar-refractivity contribution >= 4 is 11.6 Å². The van der Waals surface area contributed by atoms with E-state index < -0.39 is 69.9 Å². The molecule has 1 rings (SSSR count). The predicted octanol–water partition coefficient (Wildman–Crippen LogP) is 4.67. The lowest BCUT2D eigenvalue weighted by molar-refractivity contribution is -0.378. The van der Waals surface area contributed by atoms with Gasteiger partial charge in [-0.05, 0) is 12.1 Å². The molecule has 28 heavy (non-hydrogen) atoms. The van der Waals surface area contributed by atoms with Crippen LogP contribution in [0.15, 0.2) is 12.1 Å². The van der Waals surface area contributed by atoms with Crippen LogP contribution >= 0.6 is 11.6 Å². The molecule has 1 aromatic rings. The highest BCUT2D eigenvalue weighted by Crippen LogP contribution is 2.57. The molecule has 3 N–H and O–H groups in total. The van der Waals surface area contributed by atoms with Crippen molar-refractivity contribution in [3.8, 4) is 5.75 Å². The Bertz CT molecular complexity index is 659. The number of aliphatic hydroxyl groups is 2. The molecule has 0 fully saturated rings. The second-order valence-electron chi connectivity index (χ2n) is 5.26. The van der Waals surface area contributed by atoms with Gasteiger partial charge in [0.25, 0.3) is 11.2 Å². The molecule has 0 aliphatic carbocycles. The number of hydrogen-bond donors (Lipinski definition) is 3. The van der Waals surface area contributed by atoms with Gasteiger partial charge in [0.15, 0.2) is 0 Å². The highest BCUT2D eigenvalue weighted by molar-refractivity contribution is 6.30. The summed E-state index contributed by atoms with van der Waals surface area (Å²) in [5, 5.41) is 26.1. The van der Waals surface area contributed by atoms with Gasteiger partial charge < -0.3 is 15.3 Å². The largest absolute Gasteiger partial charge is 0.507 e. The van der Waals surface area contributed by atoms with Crippen LogP contribution in [0.4, 0.5) is 52.7 Å². The zero-order valence-corrected chi connectivity index (χ0v) is 13.2. The lowest BCUT2D eigenvalue weighted by Gasteiger charge is -2.36. The predicted molar refractivity (Wildman–Crippen MR) is 65.1 cm³/mol. The molecular formula is C12H5ClF12O3. The quantitative estimate of drug-likeness (QED) is 0.562. The first-order chi connectivity index (χ1) is 12.0. The van der Waals surface area contributed by atoms with Crippen LogP contribution in [0, 0.1) is 0 Å². The van der Waals surface area contributed by atoms with E-state index in [1.165, 1.54) is 0 Å². The third-order valence-electron chi connectivity index (χ3n) is 3.50. The van der Waals surface area contributed by atoms with Gasteiger partial charge in [0, 0.05) is 16.1 Å². The second kappa shape index (κ2) is 6.45. The Balaban J connectivity index is 4.12. The normalized spacial score (nSPS) is 15.1. The Morgan fingerprint density at radius 1 is 0.571 bits per heavy atom. The van der Waals surface area contributed by atoms with Gasteiger partial charge in [-0.1, -0.05) is 11.6 Å². The number of hydrogen-bond acceptors (Lipinski definition) is 3. The van der Waals surface area contributed by atoms with Gasteiger partial charge in [0.05, 0.1) is 0 Å². The van der Waals surface area contributed by atoms with Crippen molar-refractivity contribution in [2.45, 2.75) is 35.9 Å². The topological polar surface area (TPSA) is 60.7 Å². The zero-order valence-electron chi connectivity index (χ0n) is 12.4. The maximum Gasteiger partial charge on any atom is 0.430 e. The maximum absolute atomic E-state index is 12.9. The van der Waals surface area contributed by atoms with E-state index in [1.54, 1.807) is 0 Å². The van der Waals surface area contributed by atoms with Crippen molar-refractivity contribution in [1.29, 1.82) is 0 Å². The molecule has 0 saturated carbocycles. The minimum absolute atomic E-state index is 0.547. The van der Waals surface area contributed by atoms with Crippen LogP contribution in [0.5, 0.6) is 5.75 Å². The molecule has 0 atom stereocenters. The van der Waals surface area contributed by atoms with Crippen LogP contribution in [0.1, 0.15) is 11.1 Å². The summed E-state index contributed by atoms with van der Waals surface area (Å²) in [5.74, 6) is -2.97. The molecule has 0 unspecified atom stereocenters. The molecule has 0 aromatic heterocycles. The summed E-state index contributed by atoms with van der Waals surface area (Å²) >= 11 is 5.03. The molecule has 3 nitrogen and oxygen atoms in total. The van der Waals surface area contributed by atoms with E-state index >= 15 is 0 Å². The molecule has 16 heteroatoms. The number of rotatable bonds is 2. The molecule has 0 aliphatic heterocycles. The Hall–Kier alpha value is -1.61. The molecule has 0 heterocycles. The molecular weight excluding hydrogens is 456 g/mol. The van der Waals surface area contributed by atoms with E-state index in [1.807, 2.05) is 0 Å². The maximum atomic E-state index is 12.9. The van der Waals surface area contributed by atoms with E-state index in [-0.39, 0.29) is 0 Å². The summed E-state index contributed by atoms with van der Waals surface area (Å²) in [5.41, 5.74) is -18.0. The summed E-state index contributed by atoms with van der Waals surface area (Å²) in [7, 11) is 0. The fraction of sp³-hybridized carbons (Fsp3) is 0.500. The Morgan fingerprint density at radius 3 is 0.964 bits per heavy atom. The first-order valence-corrected chi connectivity index (χ1v) is 6.66. The number of phenols is 1. The van der Waals surface area contributed by atoms with Crippen molar-refractivity contribution in [2.24, 2.45) is 0 Å². The van der Waals surface area contributed by atoms with Crippen molar-refractivity contribution in [2.75, 3.05) is 0 Å². The van der Waals surface area contributed by atoms with E-state index in [0.29, 0.717) is 0 Å². The van der Waals surface area contributed by atoms with Crippen LogP contribution in [0.2, 0.25) is 5.02 Å². The lowest BCUT2D eigenvalue weighted by atomic mass is 9.84. The molecule has 0 bridgehead atoms. The summed E-state index contributed by atoms with van der Waals surface area (Å²) in [6.45, 7) is 0. The fourth-order valence-corrected chi connectivity index (χ4v) is 2.30. The smallest absolute Gasteiger partial charge is 0.430 e. The van der Waals surface area contributed by atoms with Gasteiger partial charge in [0.2, 0.25) is 0 Å². The molecule has 1 aromatic carbocycles. The first-order valence-electron chi connectivity index (χ1n) is 6.28. The molecule has 0 radical (unpaired) electrons. The van der Waals surface area contributed by atoms with Crippen LogP contribution in [0.3, 0.4) is 0 Å².